The first kappa shape index (κ1) is 10.7. The van der Waals surface area contributed by atoms with Crippen molar-refractivity contribution >= 4 is 10.8 Å². The Hall–Kier alpha value is -1.84. The lowest BCUT2D eigenvalue weighted by molar-refractivity contribution is -0.0497. The maximum absolute atomic E-state index is 12.0. The number of alkyl halides is 2. The number of halogens is 2. The number of hydrogen-bond donors (Lipinski definition) is 0. The summed E-state index contributed by atoms with van der Waals surface area (Å²) < 4.78 is 33.4. The summed E-state index contributed by atoms with van der Waals surface area (Å²) in [7, 11) is 1.56. The van der Waals surface area contributed by atoms with E-state index in [2.05, 4.69) is 4.74 Å². The number of benzene rings is 2. The molecule has 2 nitrogen and oxygen atoms in total. The van der Waals surface area contributed by atoms with E-state index in [1.807, 2.05) is 12.1 Å². The van der Waals surface area contributed by atoms with Gasteiger partial charge in [-0.2, -0.15) is 8.78 Å². The predicted molar refractivity (Wildman–Crippen MR) is 57.1 cm³/mol. The fraction of sp³-hybridized carbons (Fsp3) is 0.167. The van der Waals surface area contributed by atoms with Crippen LogP contribution < -0.4 is 9.47 Å². The number of ether oxygens (including phenoxy) is 2. The molecule has 0 saturated carbocycles. The smallest absolute Gasteiger partial charge is 0.387 e. The number of methoxy groups -OCH3 is 1. The zero-order valence-electron chi connectivity index (χ0n) is 8.61. The number of rotatable bonds is 3. The van der Waals surface area contributed by atoms with Gasteiger partial charge in [0.2, 0.25) is 0 Å². The molecule has 16 heavy (non-hydrogen) atoms. The van der Waals surface area contributed by atoms with Crippen LogP contribution in [0.5, 0.6) is 11.5 Å². The van der Waals surface area contributed by atoms with Crippen molar-refractivity contribution in [2.24, 2.45) is 0 Å². The normalized spacial score (nSPS) is 10.8. The van der Waals surface area contributed by atoms with Crippen LogP contribution in [-0.4, -0.2) is 13.7 Å². The molecule has 2 rings (SSSR count). The Balaban J connectivity index is 2.42. The summed E-state index contributed by atoms with van der Waals surface area (Å²) >= 11 is 0. The lowest BCUT2D eigenvalue weighted by atomic mass is 10.1. The van der Waals surface area contributed by atoms with Crippen LogP contribution in [0, 0.1) is 0 Å². The van der Waals surface area contributed by atoms with E-state index in [-0.39, 0.29) is 5.75 Å². The fourth-order valence-electron chi connectivity index (χ4n) is 1.51. The van der Waals surface area contributed by atoms with Gasteiger partial charge in [0, 0.05) is 0 Å². The molecule has 0 atom stereocenters. The van der Waals surface area contributed by atoms with Crippen LogP contribution in [0.2, 0.25) is 0 Å². The van der Waals surface area contributed by atoms with Crippen molar-refractivity contribution in [3.8, 4) is 11.5 Å². The van der Waals surface area contributed by atoms with Gasteiger partial charge in [0.1, 0.15) is 11.5 Å². The number of fused-ring (bicyclic) bond motifs is 1. The van der Waals surface area contributed by atoms with Gasteiger partial charge in [-0.15, -0.1) is 0 Å². The first-order valence-electron chi connectivity index (χ1n) is 4.71. The third-order valence-corrected chi connectivity index (χ3v) is 2.24. The lowest BCUT2D eigenvalue weighted by Gasteiger charge is -2.06. The van der Waals surface area contributed by atoms with E-state index in [0.29, 0.717) is 5.75 Å². The first-order valence-corrected chi connectivity index (χ1v) is 4.71. The Labute approximate surface area is 91.4 Å². The van der Waals surface area contributed by atoms with Crippen LogP contribution in [0.15, 0.2) is 36.4 Å². The van der Waals surface area contributed by atoms with Gasteiger partial charge in [0.25, 0.3) is 0 Å². The maximum atomic E-state index is 12.0. The molecule has 0 aromatic heterocycles. The van der Waals surface area contributed by atoms with Gasteiger partial charge in [-0.05, 0) is 35.0 Å². The van der Waals surface area contributed by atoms with Gasteiger partial charge in [-0.3, -0.25) is 0 Å². The zero-order chi connectivity index (χ0) is 11.5. The van der Waals surface area contributed by atoms with Crippen molar-refractivity contribution in [1.82, 2.24) is 0 Å². The molecular weight excluding hydrogens is 214 g/mol. The first-order chi connectivity index (χ1) is 7.69. The molecule has 0 aliphatic heterocycles. The Morgan fingerprint density at radius 2 is 1.56 bits per heavy atom. The molecule has 2 aromatic rings. The average Bonchev–Trinajstić information content (AvgIpc) is 2.27. The summed E-state index contributed by atoms with van der Waals surface area (Å²) in [6.07, 6.45) is 0. The van der Waals surface area contributed by atoms with Crippen LogP contribution in [0.4, 0.5) is 8.78 Å². The predicted octanol–water partition coefficient (Wildman–Crippen LogP) is 3.45. The Morgan fingerprint density at radius 3 is 2.19 bits per heavy atom. The third kappa shape index (κ3) is 2.21. The molecule has 0 unspecified atom stereocenters. The van der Waals surface area contributed by atoms with Gasteiger partial charge >= 0.3 is 6.61 Å². The molecule has 0 aliphatic rings. The number of hydrogen-bond acceptors (Lipinski definition) is 2. The molecule has 0 heterocycles. The Kier molecular flexibility index (Phi) is 2.90. The summed E-state index contributed by atoms with van der Waals surface area (Å²) in [6, 6.07) is 10.3. The summed E-state index contributed by atoms with van der Waals surface area (Å²) in [4.78, 5) is 0. The lowest BCUT2D eigenvalue weighted by Crippen LogP contribution is -2.01. The van der Waals surface area contributed by atoms with Crippen molar-refractivity contribution in [2.75, 3.05) is 7.11 Å². The largest absolute Gasteiger partial charge is 0.497 e. The topological polar surface area (TPSA) is 18.5 Å². The fourth-order valence-corrected chi connectivity index (χ4v) is 1.51. The van der Waals surface area contributed by atoms with Crippen LogP contribution >= 0.6 is 0 Å². The summed E-state index contributed by atoms with van der Waals surface area (Å²) in [5, 5.41) is 1.75. The molecule has 0 spiro atoms. The highest BCUT2D eigenvalue weighted by atomic mass is 19.3. The van der Waals surface area contributed by atoms with Crippen molar-refractivity contribution in [3.05, 3.63) is 36.4 Å². The van der Waals surface area contributed by atoms with E-state index in [4.69, 9.17) is 4.74 Å². The van der Waals surface area contributed by atoms with E-state index in [1.54, 1.807) is 25.3 Å². The quantitative estimate of drug-likeness (QED) is 0.794. The second-order valence-corrected chi connectivity index (χ2v) is 3.25. The van der Waals surface area contributed by atoms with Crippen LogP contribution in [0.1, 0.15) is 0 Å². The van der Waals surface area contributed by atoms with Crippen LogP contribution in [0.3, 0.4) is 0 Å². The minimum Gasteiger partial charge on any atom is -0.497 e. The molecule has 0 saturated heterocycles. The third-order valence-electron chi connectivity index (χ3n) is 2.24. The molecule has 0 aliphatic carbocycles. The highest BCUT2D eigenvalue weighted by Crippen LogP contribution is 2.25. The Bertz CT molecular complexity index is 497. The zero-order valence-corrected chi connectivity index (χ0v) is 8.61. The van der Waals surface area contributed by atoms with Crippen molar-refractivity contribution in [3.63, 3.8) is 0 Å². The van der Waals surface area contributed by atoms with Crippen molar-refractivity contribution in [1.29, 1.82) is 0 Å². The van der Waals surface area contributed by atoms with Gasteiger partial charge < -0.3 is 9.47 Å². The Morgan fingerprint density at radius 1 is 0.938 bits per heavy atom. The monoisotopic (exact) mass is 224 g/mol. The molecule has 84 valence electrons. The second-order valence-electron chi connectivity index (χ2n) is 3.25. The van der Waals surface area contributed by atoms with Gasteiger partial charge in [0.15, 0.2) is 0 Å². The molecule has 2 aromatic carbocycles. The standard InChI is InChI=1S/C12H10F2O2/c1-15-10-4-2-8-3-5-11(16-12(13)14)7-9(8)6-10/h2-7,12H,1H3. The van der Waals surface area contributed by atoms with E-state index in [9.17, 15) is 8.78 Å². The molecule has 0 radical (unpaired) electrons. The average molecular weight is 224 g/mol. The van der Waals surface area contributed by atoms with Crippen molar-refractivity contribution in [2.45, 2.75) is 6.61 Å². The molecule has 0 amide bonds. The molecule has 0 fully saturated rings. The van der Waals surface area contributed by atoms with Gasteiger partial charge in [-0.1, -0.05) is 12.1 Å². The van der Waals surface area contributed by atoms with Gasteiger partial charge in [-0.25, -0.2) is 0 Å². The van der Waals surface area contributed by atoms with E-state index >= 15 is 0 Å². The van der Waals surface area contributed by atoms with E-state index < -0.39 is 6.61 Å². The van der Waals surface area contributed by atoms with Crippen LogP contribution in [0.25, 0.3) is 10.8 Å². The molecule has 0 bridgehead atoms. The minimum atomic E-state index is -2.80. The highest BCUT2D eigenvalue weighted by molar-refractivity contribution is 5.85. The molecule has 0 N–H and O–H groups in total. The summed E-state index contributed by atoms with van der Waals surface area (Å²) in [6.45, 7) is -2.80. The minimum absolute atomic E-state index is 0.149. The summed E-state index contributed by atoms with van der Waals surface area (Å²) in [5.41, 5.74) is 0. The molecule has 4 heteroatoms. The second kappa shape index (κ2) is 4.35. The highest BCUT2D eigenvalue weighted by Gasteiger charge is 2.05. The van der Waals surface area contributed by atoms with E-state index in [1.165, 1.54) is 6.07 Å². The maximum Gasteiger partial charge on any atom is 0.387 e. The SMILES string of the molecule is COc1ccc2ccc(OC(F)F)cc2c1. The van der Waals surface area contributed by atoms with E-state index in [0.717, 1.165) is 10.8 Å². The summed E-state index contributed by atoms with van der Waals surface area (Å²) in [5.74, 6) is 0.831. The molecular formula is C12H10F2O2. The van der Waals surface area contributed by atoms with Crippen LogP contribution in [-0.2, 0) is 0 Å². The van der Waals surface area contributed by atoms with Gasteiger partial charge in [0.05, 0.1) is 7.11 Å². The van der Waals surface area contributed by atoms with Crippen molar-refractivity contribution < 1.29 is 18.3 Å².